The van der Waals surface area contributed by atoms with Gasteiger partial charge in [-0.05, 0) is 48.0 Å². The molecule has 1 rings (SSSR count). The molecule has 1 amide bonds. The number of hydrogen-bond donors (Lipinski definition) is 0. The fourth-order valence-electron chi connectivity index (χ4n) is 2.29. The summed E-state index contributed by atoms with van der Waals surface area (Å²) in [6, 6.07) is -0.0205. The minimum atomic E-state index is -0.643. The van der Waals surface area contributed by atoms with Gasteiger partial charge in [-0.15, -0.1) is 6.58 Å². The molecule has 104 valence electrons. The van der Waals surface area contributed by atoms with Crippen LogP contribution in [-0.2, 0) is 9.47 Å². The second-order valence-corrected chi connectivity index (χ2v) is 6.22. The Bertz CT molecular complexity index is 330. The molecule has 0 saturated carbocycles. The predicted molar refractivity (Wildman–Crippen MR) is 71.3 cm³/mol. The summed E-state index contributed by atoms with van der Waals surface area (Å²) in [5.41, 5.74) is -1.14. The molecule has 18 heavy (non-hydrogen) atoms. The smallest absolute Gasteiger partial charge is 0.412 e. The highest BCUT2D eigenvalue weighted by Crippen LogP contribution is 2.34. The molecule has 0 bridgehead atoms. The van der Waals surface area contributed by atoms with E-state index in [1.165, 1.54) is 0 Å². The molecule has 0 aliphatic carbocycles. The molecule has 4 heteroatoms. The maximum atomic E-state index is 12.2. The molecule has 0 radical (unpaired) electrons. The summed E-state index contributed by atoms with van der Waals surface area (Å²) in [7, 11) is 0. The third-order valence-corrected chi connectivity index (χ3v) is 2.95. The van der Waals surface area contributed by atoms with Crippen LogP contribution in [0.1, 0.15) is 48.0 Å². The Labute approximate surface area is 110 Å². The van der Waals surface area contributed by atoms with Crippen LogP contribution < -0.4 is 0 Å². The first kappa shape index (κ1) is 15.0. The van der Waals surface area contributed by atoms with Crippen molar-refractivity contribution in [1.82, 2.24) is 4.90 Å². The van der Waals surface area contributed by atoms with Crippen LogP contribution in [0.3, 0.4) is 0 Å². The number of amides is 1. The van der Waals surface area contributed by atoms with Crippen LogP contribution >= 0.6 is 0 Å². The predicted octanol–water partition coefficient (Wildman–Crippen LogP) is 3.32. The van der Waals surface area contributed by atoms with Crippen LogP contribution in [0, 0.1) is 0 Å². The van der Waals surface area contributed by atoms with Crippen molar-refractivity contribution < 1.29 is 14.3 Å². The van der Waals surface area contributed by atoms with Gasteiger partial charge in [0.2, 0.25) is 0 Å². The van der Waals surface area contributed by atoms with Gasteiger partial charge in [-0.3, -0.25) is 4.90 Å². The number of hydrogen-bond acceptors (Lipinski definition) is 3. The van der Waals surface area contributed by atoms with Gasteiger partial charge >= 0.3 is 6.09 Å². The second-order valence-electron chi connectivity index (χ2n) is 6.22. The van der Waals surface area contributed by atoms with E-state index < -0.39 is 11.3 Å². The van der Waals surface area contributed by atoms with Crippen LogP contribution in [0.5, 0.6) is 0 Å². The number of carbonyl (C=O) groups excluding carboxylic acids is 1. The average Bonchev–Trinajstić information content (AvgIpc) is 2.34. The first-order valence-corrected chi connectivity index (χ1v) is 6.39. The van der Waals surface area contributed by atoms with Gasteiger partial charge in [0.05, 0.1) is 12.1 Å². The molecule has 0 N–H and O–H groups in total. The van der Waals surface area contributed by atoms with Gasteiger partial charge in [-0.25, -0.2) is 4.79 Å². The molecule has 4 nitrogen and oxygen atoms in total. The first-order valence-electron chi connectivity index (χ1n) is 6.39. The number of rotatable bonds is 2. The highest BCUT2D eigenvalue weighted by molar-refractivity contribution is 5.69. The third kappa shape index (κ3) is 3.25. The van der Waals surface area contributed by atoms with Crippen LogP contribution in [0.2, 0.25) is 0 Å². The lowest BCUT2D eigenvalue weighted by atomic mass is 10.1. The van der Waals surface area contributed by atoms with Gasteiger partial charge in [0.25, 0.3) is 0 Å². The molecule has 0 aromatic carbocycles. The van der Waals surface area contributed by atoms with E-state index in [-0.39, 0.29) is 18.2 Å². The fourth-order valence-corrected chi connectivity index (χ4v) is 2.29. The van der Waals surface area contributed by atoms with Crippen LogP contribution in [0.25, 0.3) is 0 Å². The second kappa shape index (κ2) is 4.92. The van der Waals surface area contributed by atoms with E-state index in [1.54, 1.807) is 4.90 Å². The third-order valence-electron chi connectivity index (χ3n) is 2.95. The van der Waals surface area contributed by atoms with E-state index >= 15 is 0 Å². The summed E-state index contributed by atoms with van der Waals surface area (Å²) in [4.78, 5) is 13.9. The van der Waals surface area contributed by atoms with Crippen molar-refractivity contribution in [2.24, 2.45) is 0 Å². The summed E-state index contributed by atoms with van der Waals surface area (Å²) in [5, 5.41) is 0. The Hall–Kier alpha value is -1.03. The standard InChI is InChI=1S/C14H25NO3/c1-8-9-11-10(2)15(14(6,7)17-11)12(16)18-13(3,4)5/h8,10-11H,1,9H2,2-7H3/t10-,11-/m1/s1. The zero-order valence-electron chi connectivity index (χ0n) is 12.3. The summed E-state index contributed by atoms with van der Waals surface area (Å²) in [5.74, 6) is 0. The lowest BCUT2D eigenvalue weighted by Crippen LogP contribution is -2.49. The molecule has 0 spiro atoms. The molecule has 1 heterocycles. The Kier molecular flexibility index (Phi) is 4.11. The Morgan fingerprint density at radius 1 is 1.50 bits per heavy atom. The number of ether oxygens (including phenoxy) is 2. The lowest BCUT2D eigenvalue weighted by Gasteiger charge is -2.34. The van der Waals surface area contributed by atoms with Crippen LogP contribution in [-0.4, -0.2) is 34.5 Å². The highest BCUT2D eigenvalue weighted by Gasteiger charge is 2.48. The number of nitrogens with zero attached hydrogens (tertiary/aromatic N) is 1. The number of carbonyl (C=O) groups is 1. The zero-order chi connectivity index (χ0) is 14.1. The SMILES string of the molecule is C=CC[C@H]1OC(C)(C)N(C(=O)OC(C)(C)C)[C@@H]1C. The van der Waals surface area contributed by atoms with E-state index in [2.05, 4.69) is 6.58 Å². The van der Waals surface area contributed by atoms with Gasteiger partial charge in [0, 0.05) is 0 Å². The van der Waals surface area contributed by atoms with Crippen molar-refractivity contribution in [2.75, 3.05) is 0 Å². The lowest BCUT2D eigenvalue weighted by molar-refractivity contribution is -0.0779. The molecule has 1 aliphatic rings. The molecule has 1 fully saturated rings. The van der Waals surface area contributed by atoms with E-state index in [9.17, 15) is 4.79 Å². The monoisotopic (exact) mass is 255 g/mol. The molecule has 0 aromatic rings. The Morgan fingerprint density at radius 3 is 2.50 bits per heavy atom. The van der Waals surface area contributed by atoms with E-state index in [4.69, 9.17) is 9.47 Å². The first-order chi connectivity index (χ1) is 8.08. The quantitative estimate of drug-likeness (QED) is 0.710. The summed E-state index contributed by atoms with van der Waals surface area (Å²) in [6.07, 6.45) is 2.19. The topological polar surface area (TPSA) is 38.8 Å². The molecule has 0 unspecified atom stereocenters. The maximum Gasteiger partial charge on any atom is 0.412 e. The fraction of sp³-hybridized carbons (Fsp3) is 0.786. The van der Waals surface area contributed by atoms with Crippen molar-refractivity contribution >= 4 is 6.09 Å². The summed E-state index contributed by atoms with van der Waals surface area (Å²) >= 11 is 0. The van der Waals surface area contributed by atoms with Crippen LogP contribution in [0.4, 0.5) is 4.79 Å². The molecule has 1 aliphatic heterocycles. The largest absolute Gasteiger partial charge is 0.444 e. The zero-order valence-corrected chi connectivity index (χ0v) is 12.3. The van der Waals surface area contributed by atoms with Gasteiger partial charge in [0.1, 0.15) is 11.3 Å². The van der Waals surface area contributed by atoms with Gasteiger partial charge < -0.3 is 9.47 Å². The average molecular weight is 255 g/mol. The van der Waals surface area contributed by atoms with E-state index in [0.717, 1.165) is 6.42 Å². The highest BCUT2D eigenvalue weighted by atomic mass is 16.6. The Morgan fingerprint density at radius 2 is 2.06 bits per heavy atom. The van der Waals surface area contributed by atoms with Crippen molar-refractivity contribution in [1.29, 1.82) is 0 Å². The van der Waals surface area contributed by atoms with Crippen molar-refractivity contribution in [3.63, 3.8) is 0 Å². The van der Waals surface area contributed by atoms with E-state index in [0.29, 0.717) is 0 Å². The maximum absolute atomic E-state index is 12.2. The van der Waals surface area contributed by atoms with Gasteiger partial charge in [0.15, 0.2) is 0 Å². The normalized spacial score (nSPS) is 27.1. The Balaban J connectivity index is 2.86. The van der Waals surface area contributed by atoms with Crippen molar-refractivity contribution in [2.45, 2.75) is 71.4 Å². The molecular formula is C14H25NO3. The van der Waals surface area contributed by atoms with Crippen molar-refractivity contribution in [3.05, 3.63) is 12.7 Å². The summed E-state index contributed by atoms with van der Waals surface area (Å²) in [6.45, 7) is 15.1. The van der Waals surface area contributed by atoms with E-state index in [1.807, 2.05) is 47.6 Å². The molecular weight excluding hydrogens is 230 g/mol. The molecule has 1 saturated heterocycles. The van der Waals surface area contributed by atoms with Crippen molar-refractivity contribution in [3.8, 4) is 0 Å². The van der Waals surface area contributed by atoms with Gasteiger partial charge in [-0.2, -0.15) is 0 Å². The van der Waals surface area contributed by atoms with Crippen LogP contribution in [0.15, 0.2) is 12.7 Å². The molecule has 2 atom stereocenters. The molecule has 0 aromatic heterocycles. The summed E-state index contributed by atoms with van der Waals surface area (Å²) < 4.78 is 11.3. The minimum Gasteiger partial charge on any atom is -0.444 e. The van der Waals surface area contributed by atoms with Gasteiger partial charge in [-0.1, -0.05) is 6.08 Å². The minimum absolute atomic E-state index is 0.0205.